The molecule has 0 unspecified atom stereocenters. The predicted molar refractivity (Wildman–Crippen MR) is 75.7 cm³/mol. The quantitative estimate of drug-likeness (QED) is 0.593. The summed E-state index contributed by atoms with van der Waals surface area (Å²) in [5.41, 5.74) is 3.95. The lowest BCUT2D eigenvalue weighted by Crippen LogP contribution is -2.16. The van der Waals surface area contributed by atoms with Crippen molar-refractivity contribution in [2.75, 3.05) is 6.54 Å². The Balaban J connectivity index is 1.78. The summed E-state index contributed by atoms with van der Waals surface area (Å²) >= 11 is 0. The van der Waals surface area contributed by atoms with Crippen LogP contribution in [0.25, 0.3) is 0 Å². The van der Waals surface area contributed by atoms with Crippen molar-refractivity contribution in [1.82, 2.24) is 15.1 Å². The van der Waals surface area contributed by atoms with Crippen molar-refractivity contribution in [3.05, 3.63) is 29.1 Å². The van der Waals surface area contributed by atoms with Crippen molar-refractivity contribution in [2.24, 2.45) is 7.05 Å². The standard InChI is InChI=1S/C15H25N3/c1-4-13-11-15(18(3)17-13)10-12(2)6-5-9-16-14-7-8-14/h6,11,14,16H,4-5,7-10H2,1-3H3. The van der Waals surface area contributed by atoms with Gasteiger partial charge in [-0.15, -0.1) is 0 Å². The zero-order chi connectivity index (χ0) is 13.0. The van der Waals surface area contributed by atoms with Crippen LogP contribution >= 0.6 is 0 Å². The molecule has 3 nitrogen and oxygen atoms in total. The summed E-state index contributed by atoms with van der Waals surface area (Å²) in [6, 6.07) is 3.04. The molecule has 1 aliphatic carbocycles. The molecule has 1 aliphatic rings. The SMILES string of the molecule is CCc1cc(CC(C)=CCCNC2CC2)n(C)n1. The van der Waals surface area contributed by atoms with Crippen molar-refractivity contribution in [3.63, 3.8) is 0 Å². The molecule has 0 amide bonds. The highest BCUT2D eigenvalue weighted by molar-refractivity contribution is 5.17. The zero-order valence-corrected chi connectivity index (χ0v) is 11.9. The summed E-state index contributed by atoms with van der Waals surface area (Å²) in [7, 11) is 2.04. The molecule has 3 heteroatoms. The largest absolute Gasteiger partial charge is 0.314 e. The molecule has 100 valence electrons. The molecule has 2 rings (SSSR count). The highest BCUT2D eigenvalue weighted by Crippen LogP contribution is 2.18. The third kappa shape index (κ3) is 3.98. The van der Waals surface area contributed by atoms with E-state index in [1.54, 1.807) is 0 Å². The Morgan fingerprint density at radius 2 is 2.33 bits per heavy atom. The van der Waals surface area contributed by atoms with Crippen LogP contribution in [0.3, 0.4) is 0 Å². The summed E-state index contributed by atoms with van der Waals surface area (Å²) in [5.74, 6) is 0. The van der Waals surface area contributed by atoms with E-state index in [0.29, 0.717) is 0 Å². The van der Waals surface area contributed by atoms with Gasteiger partial charge in [0.2, 0.25) is 0 Å². The molecule has 0 spiro atoms. The number of nitrogens with zero attached hydrogens (tertiary/aromatic N) is 2. The van der Waals surface area contributed by atoms with Crippen molar-refractivity contribution in [2.45, 2.75) is 52.0 Å². The Bertz CT molecular complexity index is 413. The monoisotopic (exact) mass is 247 g/mol. The second-order valence-corrected chi connectivity index (χ2v) is 5.35. The Labute approximate surface area is 110 Å². The molecule has 0 atom stereocenters. The van der Waals surface area contributed by atoms with E-state index >= 15 is 0 Å². The number of aromatic nitrogens is 2. The van der Waals surface area contributed by atoms with Gasteiger partial charge in [0, 0.05) is 25.2 Å². The lowest BCUT2D eigenvalue weighted by Gasteiger charge is -2.03. The fourth-order valence-electron chi connectivity index (χ4n) is 2.16. The first-order valence-corrected chi connectivity index (χ1v) is 7.10. The van der Waals surface area contributed by atoms with E-state index in [-0.39, 0.29) is 0 Å². The van der Waals surface area contributed by atoms with Crippen LogP contribution in [0.15, 0.2) is 17.7 Å². The van der Waals surface area contributed by atoms with Gasteiger partial charge in [-0.2, -0.15) is 5.10 Å². The average molecular weight is 247 g/mol. The topological polar surface area (TPSA) is 29.9 Å². The van der Waals surface area contributed by atoms with E-state index in [2.05, 4.69) is 36.4 Å². The number of allylic oxidation sites excluding steroid dienone is 1. The minimum Gasteiger partial charge on any atom is -0.314 e. The van der Waals surface area contributed by atoms with Crippen LogP contribution in [-0.2, 0) is 19.9 Å². The number of rotatable bonds is 7. The maximum atomic E-state index is 4.49. The fraction of sp³-hybridized carbons (Fsp3) is 0.667. The molecule has 1 fully saturated rings. The molecule has 1 aromatic rings. The van der Waals surface area contributed by atoms with E-state index < -0.39 is 0 Å². The lowest BCUT2D eigenvalue weighted by atomic mass is 10.1. The number of aryl methyl sites for hydroxylation is 2. The maximum Gasteiger partial charge on any atom is 0.0624 e. The molecular weight excluding hydrogens is 222 g/mol. The molecule has 1 N–H and O–H groups in total. The third-order valence-electron chi connectivity index (χ3n) is 3.50. The first kappa shape index (κ1) is 13.3. The zero-order valence-electron chi connectivity index (χ0n) is 11.9. The third-order valence-corrected chi connectivity index (χ3v) is 3.50. The smallest absolute Gasteiger partial charge is 0.0624 e. The van der Waals surface area contributed by atoms with Gasteiger partial charge in [-0.3, -0.25) is 4.68 Å². The van der Waals surface area contributed by atoms with Gasteiger partial charge in [-0.1, -0.05) is 18.6 Å². The predicted octanol–water partition coefficient (Wildman–Crippen LogP) is 2.61. The Kier molecular flexibility index (Phi) is 4.59. The van der Waals surface area contributed by atoms with Gasteiger partial charge in [0.15, 0.2) is 0 Å². The molecule has 0 aromatic carbocycles. The van der Waals surface area contributed by atoms with Crippen LogP contribution in [-0.4, -0.2) is 22.4 Å². The number of hydrogen-bond acceptors (Lipinski definition) is 2. The molecule has 1 heterocycles. The Morgan fingerprint density at radius 1 is 1.56 bits per heavy atom. The van der Waals surface area contributed by atoms with Crippen molar-refractivity contribution in [3.8, 4) is 0 Å². The molecule has 0 saturated heterocycles. The van der Waals surface area contributed by atoms with Gasteiger partial charge in [-0.05, 0) is 45.2 Å². The minimum atomic E-state index is 0.822. The van der Waals surface area contributed by atoms with Crippen LogP contribution in [0.5, 0.6) is 0 Å². The summed E-state index contributed by atoms with van der Waals surface area (Å²) in [4.78, 5) is 0. The van der Waals surface area contributed by atoms with Crippen LogP contribution in [0.2, 0.25) is 0 Å². The molecule has 18 heavy (non-hydrogen) atoms. The number of hydrogen-bond donors (Lipinski definition) is 1. The molecule has 0 radical (unpaired) electrons. The first-order valence-electron chi connectivity index (χ1n) is 7.10. The second-order valence-electron chi connectivity index (χ2n) is 5.35. The van der Waals surface area contributed by atoms with Crippen molar-refractivity contribution < 1.29 is 0 Å². The van der Waals surface area contributed by atoms with Gasteiger partial charge in [0.05, 0.1) is 5.69 Å². The molecular formula is C15H25N3. The van der Waals surface area contributed by atoms with Gasteiger partial charge >= 0.3 is 0 Å². The van der Waals surface area contributed by atoms with E-state index in [1.165, 1.54) is 29.8 Å². The van der Waals surface area contributed by atoms with E-state index in [0.717, 1.165) is 31.8 Å². The Hall–Kier alpha value is -1.09. The lowest BCUT2D eigenvalue weighted by molar-refractivity contribution is 0.685. The van der Waals surface area contributed by atoms with Crippen LogP contribution in [0.1, 0.15) is 44.5 Å². The van der Waals surface area contributed by atoms with E-state index in [1.807, 2.05) is 11.7 Å². The van der Waals surface area contributed by atoms with Gasteiger partial charge in [0.25, 0.3) is 0 Å². The molecule has 1 aromatic heterocycles. The highest BCUT2D eigenvalue weighted by Gasteiger charge is 2.19. The molecule has 0 aliphatic heterocycles. The maximum absolute atomic E-state index is 4.49. The van der Waals surface area contributed by atoms with Crippen LogP contribution < -0.4 is 5.32 Å². The van der Waals surface area contributed by atoms with Crippen molar-refractivity contribution >= 4 is 0 Å². The van der Waals surface area contributed by atoms with Gasteiger partial charge in [0.1, 0.15) is 0 Å². The molecule has 1 saturated carbocycles. The normalized spacial score (nSPS) is 16.3. The Morgan fingerprint density at radius 3 is 2.94 bits per heavy atom. The van der Waals surface area contributed by atoms with Gasteiger partial charge in [-0.25, -0.2) is 0 Å². The second kappa shape index (κ2) is 6.19. The average Bonchev–Trinajstić information content (AvgIpc) is 3.10. The van der Waals surface area contributed by atoms with E-state index in [9.17, 15) is 0 Å². The van der Waals surface area contributed by atoms with Gasteiger partial charge < -0.3 is 5.32 Å². The summed E-state index contributed by atoms with van der Waals surface area (Å²) in [5, 5.41) is 8.03. The minimum absolute atomic E-state index is 0.822. The van der Waals surface area contributed by atoms with Crippen LogP contribution in [0, 0.1) is 0 Å². The van der Waals surface area contributed by atoms with Crippen molar-refractivity contribution in [1.29, 1.82) is 0 Å². The van der Waals surface area contributed by atoms with E-state index in [4.69, 9.17) is 0 Å². The fourth-order valence-corrected chi connectivity index (χ4v) is 2.16. The summed E-state index contributed by atoms with van der Waals surface area (Å²) in [6.07, 6.45) is 8.28. The highest BCUT2D eigenvalue weighted by atomic mass is 15.3. The number of nitrogens with one attached hydrogen (secondary N) is 1. The van der Waals surface area contributed by atoms with Crippen LogP contribution in [0.4, 0.5) is 0 Å². The first-order chi connectivity index (χ1) is 8.69. The summed E-state index contributed by atoms with van der Waals surface area (Å²) in [6.45, 7) is 5.49. The molecule has 0 bridgehead atoms. The summed E-state index contributed by atoms with van der Waals surface area (Å²) < 4.78 is 2.01.